The minimum atomic E-state index is 0.0268. The Morgan fingerprint density at radius 2 is 1.77 bits per heavy atom. The average molecular weight is 185 g/mol. The molecule has 0 aliphatic carbocycles. The van der Waals surface area contributed by atoms with Gasteiger partial charge in [0, 0.05) is 13.1 Å². The number of rotatable bonds is 2. The second kappa shape index (κ2) is 4.43. The van der Waals surface area contributed by atoms with Crippen LogP contribution in [0.5, 0.6) is 0 Å². The van der Waals surface area contributed by atoms with Crippen molar-refractivity contribution in [1.82, 2.24) is 4.90 Å². The minimum Gasteiger partial charge on any atom is -0.373 e. The highest BCUT2D eigenvalue weighted by Gasteiger charge is 2.23. The SMILES string of the molecule is CCN1CCC(OC(C)(C)C)CC1. The van der Waals surface area contributed by atoms with Crippen LogP contribution in [0.3, 0.4) is 0 Å². The van der Waals surface area contributed by atoms with Gasteiger partial charge in [-0.2, -0.15) is 0 Å². The zero-order chi connectivity index (χ0) is 9.90. The Balaban J connectivity index is 2.25. The van der Waals surface area contributed by atoms with Crippen molar-refractivity contribution in [2.75, 3.05) is 19.6 Å². The van der Waals surface area contributed by atoms with Crippen molar-refractivity contribution in [3.63, 3.8) is 0 Å². The van der Waals surface area contributed by atoms with E-state index in [0.717, 1.165) is 0 Å². The monoisotopic (exact) mass is 185 g/mol. The summed E-state index contributed by atoms with van der Waals surface area (Å²) in [5, 5.41) is 0. The van der Waals surface area contributed by atoms with Crippen LogP contribution in [-0.4, -0.2) is 36.2 Å². The average Bonchev–Trinajstić information content (AvgIpc) is 2.03. The van der Waals surface area contributed by atoms with E-state index in [1.54, 1.807) is 0 Å². The summed E-state index contributed by atoms with van der Waals surface area (Å²) in [5.74, 6) is 0. The first-order valence-corrected chi connectivity index (χ1v) is 5.41. The molecule has 2 nitrogen and oxygen atoms in total. The molecule has 0 bridgehead atoms. The molecule has 1 rings (SSSR count). The maximum absolute atomic E-state index is 5.94. The van der Waals surface area contributed by atoms with E-state index < -0.39 is 0 Å². The van der Waals surface area contributed by atoms with E-state index in [2.05, 4.69) is 32.6 Å². The third-order valence-corrected chi connectivity index (χ3v) is 2.50. The summed E-state index contributed by atoms with van der Waals surface area (Å²) in [5.41, 5.74) is 0.0268. The molecule has 0 amide bonds. The van der Waals surface area contributed by atoms with E-state index in [0.29, 0.717) is 6.10 Å². The topological polar surface area (TPSA) is 12.5 Å². The first kappa shape index (κ1) is 11.0. The first-order chi connectivity index (χ1) is 6.01. The van der Waals surface area contributed by atoms with Gasteiger partial charge >= 0.3 is 0 Å². The number of piperidine rings is 1. The molecular formula is C11H23NO. The van der Waals surface area contributed by atoms with Gasteiger partial charge in [0.1, 0.15) is 0 Å². The number of likely N-dealkylation sites (tertiary alicyclic amines) is 1. The zero-order valence-corrected chi connectivity index (χ0v) is 9.47. The summed E-state index contributed by atoms with van der Waals surface area (Å²) in [6.45, 7) is 12.2. The first-order valence-electron chi connectivity index (χ1n) is 5.41. The van der Waals surface area contributed by atoms with E-state index in [9.17, 15) is 0 Å². The second-order valence-corrected chi connectivity index (χ2v) is 4.86. The van der Waals surface area contributed by atoms with E-state index in [1.807, 2.05) is 0 Å². The van der Waals surface area contributed by atoms with Gasteiger partial charge in [-0.3, -0.25) is 0 Å². The van der Waals surface area contributed by atoms with Crippen LogP contribution in [0, 0.1) is 0 Å². The van der Waals surface area contributed by atoms with E-state index in [-0.39, 0.29) is 5.60 Å². The van der Waals surface area contributed by atoms with Crippen LogP contribution < -0.4 is 0 Å². The number of hydrogen-bond acceptors (Lipinski definition) is 2. The molecule has 0 atom stereocenters. The van der Waals surface area contributed by atoms with Crippen LogP contribution in [0.2, 0.25) is 0 Å². The Morgan fingerprint density at radius 1 is 1.23 bits per heavy atom. The molecule has 0 aromatic heterocycles. The van der Waals surface area contributed by atoms with Crippen molar-refractivity contribution in [2.24, 2.45) is 0 Å². The molecule has 0 aromatic rings. The van der Waals surface area contributed by atoms with E-state index in [4.69, 9.17) is 4.74 Å². The predicted molar refractivity (Wildman–Crippen MR) is 56.0 cm³/mol. The molecule has 13 heavy (non-hydrogen) atoms. The Labute approximate surface area is 82.3 Å². The number of hydrogen-bond donors (Lipinski definition) is 0. The second-order valence-electron chi connectivity index (χ2n) is 4.86. The molecule has 1 aliphatic heterocycles. The molecule has 1 saturated heterocycles. The molecule has 1 heterocycles. The lowest BCUT2D eigenvalue weighted by Gasteiger charge is -2.34. The van der Waals surface area contributed by atoms with Crippen molar-refractivity contribution >= 4 is 0 Å². The van der Waals surface area contributed by atoms with E-state index >= 15 is 0 Å². The molecule has 0 N–H and O–H groups in total. The molecule has 1 aliphatic rings. The van der Waals surface area contributed by atoms with Gasteiger partial charge in [-0.25, -0.2) is 0 Å². The molecule has 0 radical (unpaired) electrons. The Bertz CT molecular complexity index is 143. The van der Waals surface area contributed by atoms with Crippen LogP contribution in [0.4, 0.5) is 0 Å². The van der Waals surface area contributed by atoms with Crippen molar-refractivity contribution in [3.8, 4) is 0 Å². The third-order valence-electron chi connectivity index (χ3n) is 2.50. The Kier molecular flexibility index (Phi) is 3.74. The lowest BCUT2D eigenvalue weighted by atomic mass is 10.1. The molecule has 2 heteroatoms. The van der Waals surface area contributed by atoms with Gasteiger partial charge in [0.2, 0.25) is 0 Å². The van der Waals surface area contributed by atoms with Crippen LogP contribution in [-0.2, 0) is 4.74 Å². The summed E-state index contributed by atoms with van der Waals surface area (Å²) < 4.78 is 5.94. The molecule has 1 fully saturated rings. The van der Waals surface area contributed by atoms with Gasteiger partial charge in [0.15, 0.2) is 0 Å². The summed E-state index contributed by atoms with van der Waals surface area (Å²) >= 11 is 0. The molecule has 0 unspecified atom stereocenters. The van der Waals surface area contributed by atoms with Crippen LogP contribution in [0.25, 0.3) is 0 Å². The fraction of sp³-hybridized carbons (Fsp3) is 1.00. The maximum Gasteiger partial charge on any atom is 0.0606 e. The Morgan fingerprint density at radius 3 is 2.15 bits per heavy atom. The molecule has 78 valence electrons. The quantitative estimate of drug-likeness (QED) is 0.654. The van der Waals surface area contributed by atoms with Gasteiger partial charge in [-0.05, 0) is 40.2 Å². The summed E-state index contributed by atoms with van der Waals surface area (Å²) in [7, 11) is 0. The van der Waals surface area contributed by atoms with Crippen LogP contribution >= 0.6 is 0 Å². The number of nitrogens with zero attached hydrogens (tertiary/aromatic N) is 1. The highest BCUT2D eigenvalue weighted by molar-refractivity contribution is 4.74. The largest absolute Gasteiger partial charge is 0.373 e. The van der Waals surface area contributed by atoms with Crippen molar-refractivity contribution in [1.29, 1.82) is 0 Å². The summed E-state index contributed by atoms with van der Waals surface area (Å²) in [6, 6.07) is 0. The predicted octanol–water partition coefficient (Wildman–Crippen LogP) is 2.29. The maximum atomic E-state index is 5.94. The third kappa shape index (κ3) is 4.10. The standard InChI is InChI=1S/C11H23NO/c1-5-12-8-6-10(7-9-12)13-11(2,3)4/h10H,5-9H2,1-4H3. The van der Waals surface area contributed by atoms with Crippen molar-refractivity contribution in [2.45, 2.75) is 52.2 Å². The van der Waals surface area contributed by atoms with Crippen molar-refractivity contribution in [3.05, 3.63) is 0 Å². The van der Waals surface area contributed by atoms with Crippen LogP contribution in [0.15, 0.2) is 0 Å². The fourth-order valence-corrected chi connectivity index (χ4v) is 1.84. The zero-order valence-electron chi connectivity index (χ0n) is 9.47. The Hall–Kier alpha value is -0.0800. The highest BCUT2D eigenvalue weighted by Crippen LogP contribution is 2.19. The smallest absolute Gasteiger partial charge is 0.0606 e. The van der Waals surface area contributed by atoms with Crippen LogP contribution in [0.1, 0.15) is 40.5 Å². The lowest BCUT2D eigenvalue weighted by Crippen LogP contribution is -2.39. The van der Waals surface area contributed by atoms with Gasteiger partial charge in [0.05, 0.1) is 11.7 Å². The number of ether oxygens (including phenoxy) is 1. The molecule has 0 saturated carbocycles. The van der Waals surface area contributed by atoms with Gasteiger partial charge in [-0.15, -0.1) is 0 Å². The fourth-order valence-electron chi connectivity index (χ4n) is 1.84. The van der Waals surface area contributed by atoms with Gasteiger partial charge in [0.25, 0.3) is 0 Å². The minimum absolute atomic E-state index is 0.0268. The van der Waals surface area contributed by atoms with Gasteiger partial charge < -0.3 is 9.64 Å². The summed E-state index contributed by atoms with van der Waals surface area (Å²) in [4.78, 5) is 2.49. The lowest BCUT2D eigenvalue weighted by molar-refractivity contribution is -0.0815. The van der Waals surface area contributed by atoms with Gasteiger partial charge in [-0.1, -0.05) is 6.92 Å². The normalized spacial score (nSPS) is 22.2. The molecular weight excluding hydrogens is 162 g/mol. The molecule has 0 spiro atoms. The highest BCUT2D eigenvalue weighted by atomic mass is 16.5. The molecule has 0 aromatic carbocycles. The van der Waals surface area contributed by atoms with Crippen molar-refractivity contribution < 1.29 is 4.74 Å². The van der Waals surface area contributed by atoms with E-state index in [1.165, 1.54) is 32.5 Å². The summed E-state index contributed by atoms with van der Waals surface area (Å²) in [6.07, 6.45) is 2.89.